The minimum absolute atomic E-state index is 0.0881. The van der Waals surface area contributed by atoms with Crippen molar-refractivity contribution < 1.29 is 4.79 Å². The largest absolute Gasteiger partial charge is 0.369 e. The Balaban J connectivity index is 1.22. The molecule has 33 heavy (non-hydrogen) atoms. The number of piperazine rings is 1. The summed E-state index contributed by atoms with van der Waals surface area (Å²) in [6, 6.07) is 27.7. The normalized spacial score (nSPS) is 14.0. The smallest absolute Gasteiger partial charge is 0.251 e. The van der Waals surface area contributed by atoms with E-state index in [0.717, 1.165) is 56.7 Å². The van der Waals surface area contributed by atoms with Crippen LogP contribution in [0.5, 0.6) is 0 Å². The maximum absolute atomic E-state index is 12.9. The summed E-state index contributed by atoms with van der Waals surface area (Å²) >= 11 is 0. The molecular formula is C28H30N4O. The number of amides is 1. The second-order valence-electron chi connectivity index (χ2n) is 8.33. The third-order valence-electron chi connectivity index (χ3n) is 6.19. The van der Waals surface area contributed by atoms with E-state index in [-0.39, 0.29) is 5.91 Å². The first kappa shape index (κ1) is 22.6. The van der Waals surface area contributed by atoms with Crippen LogP contribution < -0.4 is 10.2 Å². The summed E-state index contributed by atoms with van der Waals surface area (Å²) in [5, 5.41) is 12.5. The van der Waals surface area contributed by atoms with Crippen LogP contribution in [-0.4, -0.2) is 50.1 Å². The Labute approximate surface area is 196 Å². The van der Waals surface area contributed by atoms with Crippen LogP contribution in [-0.2, 0) is 0 Å². The first-order valence-electron chi connectivity index (χ1n) is 11.7. The van der Waals surface area contributed by atoms with Crippen molar-refractivity contribution in [3.8, 4) is 17.2 Å². The highest BCUT2D eigenvalue weighted by atomic mass is 16.1. The zero-order chi connectivity index (χ0) is 22.9. The molecule has 0 spiro atoms. The molecule has 4 rings (SSSR count). The molecule has 5 nitrogen and oxygen atoms in total. The van der Waals surface area contributed by atoms with Crippen LogP contribution in [0, 0.1) is 11.3 Å². The van der Waals surface area contributed by atoms with Crippen LogP contribution >= 0.6 is 0 Å². The first-order chi connectivity index (χ1) is 16.3. The van der Waals surface area contributed by atoms with E-state index in [1.807, 2.05) is 42.5 Å². The van der Waals surface area contributed by atoms with Crippen LogP contribution in [0.25, 0.3) is 11.1 Å². The van der Waals surface area contributed by atoms with Gasteiger partial charge in [-0.2, -0.15) is 5.26 Å². The van der Waals surface area contributed by atoms with Gasteiger partial charge in [0.1, 0.15) is 0 Å². The van der Waals surface area contributed by atoms with Gasteiger partial charge in [-0.1, -0.05) is 54.6 Å². The Bertz CT molecular complexity index is 1100. The van der Waals surface area contributed by atoms with E-state index in [0.29, 0.717) is 17.7 Å². The summed E-state index contributed by atoms with van der Waals surface area (Å²) in [6.45, 7) is 5.98. The third-order valence-corrected chi connectivity index (χ3v) is 6.19. The van der Waals surface area contributed by atoms with Crippen molar-refractivity contribution in [2.45, 2.75) is 12.8 Å². The number of unbranched alkanes of at least 4 members (excludes halogenated alkanes) is 1. The summed E-state index contributed by atoms with van der Waals surface area (Å²) in [5.41, 5.74) is 4.07. The fourth-order valence-electron chi connectivity index (χ4n) is 4.36. The van der Waals surface area contributed by atoms with Crippen molar-refractivity contribution in [1.29, 1.82) is 5.26 Å². The predicted molar refractivity (Wildman–Crippen MR) is 133 cm³/mol. The molecule has 0 saturated carbocycles. The molecule has 3 aromatic carbocycles. The fraction of sp³-hybridized carbons (Fsp3) is 0.286. The second kappa shape index (κ2) is 11.3. The molecule has 0 unspecified atom stereocenters. The molecule has 1 aliphatic heterocycles. The molecule has 1 saturated heterocycles. The average Bonchev–Trinajstić information content (AvgIpc) is 2.89. The van der Waals surface area contributed by atoms with E-state index in [4.69, 9.17) is 0 Å². The van der Waals surface area contributed by atoms with Gasteiger partial charge in [0.2, 0.25) is 0 Å². The van der Waals surface area contributed by atoms with Crippen LogP contribution in [0.2, 0.25) is 0 Å². The lowest BCUT2D eigenvalue weighted by Gasteiger charge is -2.36. The molecule has 0 aliphatic carbocycles. The molecule has 5 heteroatoms. The number of hydrogen-bond acceptors (Lipinski definition) is 4. The second-order valence-corrected chi connectivity index (χ2v) is 8.33. The van der Waals surface area contributed by atoms with Gasteiger partial charge in [0.05, 0.1) is 11.6 Å². The molecule has 0 aromatic heterocycles. The highest BCUT2D eigenvalue weighted by Gasteiger charge is 2.17. The van der Waals surface area contributed by atoms with Crippen molar-refractivity contribution in [2.24, 2.45) is 0 Å². The van der Waals surface area contributed by atoms with Gasteiger partial charge in [0, 0.05) is 49.5 Å². The van der Waals surface area contributed by atoms with Crippen molar-refractivity contribution in [1.82, 2.24) is 10.2 Å². The standard InChI is InChI=1S/C28H30N4O/c29-22-23-10-4-5-13-25(23)26-14-6-7-15-27(26)28(33)30-16-8-9-17-31-18-20-32(21-19-31)24-11-2-1-3-12-24/h1-7,10-15H,8-9,16-21H2,(H,30,33). The summed E-state index contributed by atoms with van der Waals surface area (Å²) in [6.07, 6.45) is 2.01. The van der Waals surface area contributed by atoms with E-state index >= 15 is 0 Å². The van der Waals surface area contributed by atoms with Crippen molar-refractivity contribution in [3.05, 3.63) is 90.0 Å². The van der Waals surface area contributed by atoms with E-state index in [2.05, 4.69) is 51.5 Å². The minimum Gasteiger partial charge on any atom is -0.369 e. The van der Waals surface area contributed by atoms with Crippen molar-refractivity contribution in [2.75, 3.05) is 44.2 Å². The molecule has 0 bridgehead atoms. The van der Waals surface area contributed by atoms with Crippen molar-refractivity contribution >= 4 is 11.6 Å². The van der Waals surface area contributed by atoms with E-state index in [9.17, 15) is 10.1 Å². The number of para-hydroxylation sites is 1. The molecule has 1 aliphatic rings. The number of hydrogen-bond donors (Lipinski definition) is 1. The number of nitrogens with zero attached hydrogens (tertiary/aromatic N) is 3. The van der Waals surface area contributed by atoms with Crippen molar-refractivity contribution in [3.63, 3.8) is 0 Å². The van der Waals surface area contributed by atoms with Gasteiger partial charge in [-0.05, 0) is 49.2 Å². The Morgan fingerprint density at radius 3 is 2.24 bits per heavy atom. The number of anilines is 1. The lowest BCUT2D eigenvalue weighted by atomic mass is 9.95. The van der Waals surface area contributed by atoms with Crippen LogP contribution in [0.4, 0.5) is 5.69 Å². The van der Waals surface area contributed by atoms with E-state index in [1.54, 1.807) is 6.07 Å². The minimum atomic E-state index is -0.0881. The predicted octanol–water partition coefficient (Wildman–Crippen LogP) is 4.56. The van der Waals surface area contributed by atoms with E-state index < -0.39 is 0 Å². The topological polar surface area (TPSA) is 59.4 Å². The third kappa shape index (κ3) is 5.79. The van der Waals surface area contributed by atoms with E-state index in [1.165, 1.54) is 5.69 Å². The lowest BCUT2D eigenvalue weighted by molar-refractivity contribution is 0.0953. The summed E-state index contributed by atoms with van der Waals surface area (Å²) in [7, 11) is 0. The Morgan fingerprint density at radius 1 is 0.818 bits per heavy atom. The maximum atomic E-state index is 12.9. The molecule has 1 heterocycles. The summed E-state index contributed by atoms with van der Waals surface area (Å²) in [4.78, 5) is 17.8. The number of carbonyl (C=O) groups is 1. The summed E-state index contributed by atoms with van der Waals surface area (Å²) < 4.78 is 0. The first-order valence-corrected chi connectivity index (χ1v) is 11.7. The van der Waals surface area contributed by atoms with Gasteiger partial charge >= 0.3 is 0 Å². The molecule has 3 aromatic rings. The Hall–Kier alpha value is -3.62. The molecule has 1 N–H and O–H groups in total. The Kier molecular flexibility index (Phi) is 7.73. The zero-order valence-corrected chi connectivity index (χ0v) is 18.9. The van der Waals surface area contributed by atoms with Crippen LogP contribution in [0.3, 0.4) is 0 Å². The monoisotopic (exact) mass is 438 g/mol. The van der Waals surface area contributed by atoms with Crippen LogP contribution in [0.15, 0.2) is 78.9 Å². The number of benzene rings is 3. The molecule has 1 amide bonds. The number of carbonyl (C=O) groups excluding carboxylic acids is 1. The number of rotatable bonds is 8. The Morgan fingerprint density at radius 2 is 1.48 bits per heavy atom. The summed E-state index contributed by atoms with van der Waals surface area (Å²) in [5.74, 6) is -0.0881. The SMILES string of the molecule is N#Cc1ccccc1-c1ccccc1C(=O)NCCCCN1CCN(c2ccccc2)CC1. The number of nitriles is 1. The zero-order valence-electron chi connectivity index (χ0n) is 18.9. The van der Waals surface area contributed by atoms with Gasteiger partial charge in [-0.15, -0.1) is 0 Å². The fourth-order valence-corrected chi connectivity index (χ4v) is 4.36. The average molecular weight is 439 g/mol. The van der Waals surface area contributed by atoms with Gasteiger partial charge in [-0.25, -0.2) is 0 Å². The molecular weight excluding hydrogens is 408 g/mol. The van der Waals surface area contributed by atoms with Crippen LogP contribution in [0.1, 0.15) is 28.8 Å². The van der Waals surface area contributed by atoms with Gasteiger partial charge < -0.3 is 10.2 Å². The molecule has 0 radical (unpaired) electrons. The molecule has 0 atom stereocenters. The molecule has 1 fully saturated rings. The number of nitrogens with one attached hydrogen (secondary N) is 1. The van der Waals surface area contributed by atoms with Gasteiger partial charge in [0.15, 0.2) is 0 Å². The highest BCUT2D eigenvalue weighted by molar-refractivity contribution is 6.01. The highest BCUT2D eigenvalue weighted by Crippen LogP contribution is 2.26. The quantitative estimate of drug-likeness (QED) is 0.524. The maximum Gasteiger partial charge on any atom is 0.251 e. The van der Waals surface area contributed by atoms with Gasteiger partial charge in [-0.3, -0.25) is 9.69 Å². The van der Waals surface area contributed by atoms with Gasteiger partial charge in [0.25, 0.3) is 5.91 Å². The lowest BCUT2D eigenvalue weighted by Crippen LogP contribution is -2.46. The molecule has 168 valence electrons.